The molecular weight excluding hydrogens is 346 g/mol. The number of hydrazine groups is 1. The molecule has 1 aliphatic heterocycles. The number of furan rings is 1. The van der Waals surface area contributed by atoms with Gasteiger partial charge in [0.1, 0.15) is 5.76 Å². The Balaban J connectivity index is 1.71. The van der Waals surface area contributed by atoms with Gasteiger partial charge in [-0.1, -0.05) is 0 Å². The van der Waals surface area contributed by atoms with Gasteiger partial charge in [-0.3, -0.25) is 19.8 Å². The summed E-state index contributed by atoms with van der Waals surface area (Å²) < 4.78 is 5.19. The summed E-state index contributed by atoms with van der Waals surface area (Å²) in [6, 6.07) is 9.68. The average molecular weight is 360 g/mol. The van der Waals surface area contributed by atoms with E-state index in [4.69, 9.17) is 16.0 Å². The monoisotopic (exact) mass is 359 g/mol. The van der Waals surface area contributed by atoms with Crippen molar-refractivity contribution in [3.05, 3.63) is 59.7 Å². The van der Waals surface area contributed by atoms with Crippen molar-refractivity contribution in [2.24, 2.45) is 0 Å². The molecule has 7 nitrogen and oxygen atoms in total. The Morgan fingerprint density at radius 1 is 1.24 bits per heavy atom. The Hall–Kier alpha value is -3.06. The minimum atomic E-state index is -0.840. The van der Waals surface area contributed by atoms with E-state index in [0.717, 1.165) is 5.01 Å². The third-order valence-corrected chi connectivity index (χ3v) is 3.88. The smallest absolute Gasteiger partial charge is 0.270 e. The van der Waals surface area contributed by atoms with Gasteiger partial charge in [-0.25, -0.2) is 5.01 Å². The van der Waals surface area contributed by atoms with Crippen LogP contribution in [0.5, 0.6) is 0 Å². The zero-order valence-electron chi connectivity index (χ0n) is 13.2. The third-order valence-electron chi connectivity index (χ3n) is 3.47. The number of halogens is 1. The fourth-order valence-corrected chi connectivity index (χ4v) is 2.52. The van der Waals surface area contributed by atoms with E-state index in [-0.39, 0.29) is 5.91 Å². The van der Waals surface area contributed by atoms with Gasteiger partial charge in [-0.05, 0) is 36.4 Å². The van der Waals surface area contributed by atoms with E-state index in [0.29, 0.717) is 22.7 Å². The highest BCUT2D eigenvalue weighted by Crippen LogP contribution is 2.29. The molecule has 1 aliphatic rings. The molecule has 0 spiro atoms. The SMILES string of the molecule is CC(=O)Nc1ccc(C(=O)NN2C(=O)C(Cl)/C2=C/c2ccco2)cc1. The number of β-lactam (4-membered cyclic amide) rings is 1. The number of anilines is 1. The number of hydrogen-bond donors (Lipinski definition) is 2. The standard InChI is InChI=1S/C17H14ClN3O4/c1-10(22)19-12-6-4-11(5-7-12)16(23)20-21-14(15(18)17(21)24)9-13-3-2-8-25-13/h2-9,15H,1H3,(H,19,22)(H,20,23)/b14-9-. The molecule has 2 heterocycles. The zero-order chi connectivity index (χ0) is 18.0. The molecule has 0 bridgehead atoms. The predicted molar refractivity (Wildman–Crippen MR) is 91.4 cm³/mol. The molecule has 128 valence electrons. The highest BCUT2D eigenvalue weighted by molar-refractivity contribution is 6.36. The van der Waals surface area contributed by atoms with Crippen LogP contribution < -0.4 is 10.7 Å². The van der Waals surface area contributed by atoms with Gasteiger partial charge in [0.05, 0.1) is 12.0 Å². The summed E-state index contributed by atoms with van der Waals surface area (Å²) in [5, 5.41) is 2.85. The van der Waals surface area contributed by atoms with E-state index in [1.54, 1.807) is 42.5 Å². The minimum Gasteiger partial charge on any atom is -0.465 e. The number of amides is 3. The molecule has 2 N–H and O–H groups in total. The maximum Gasteiger partial charge on any atom is 0.270 e. The summed E-state index contributed by atoms with van der Waals surface area (Å²) >= 11 is 5.98. The van der Waals surface area contributed by atoms with E-state index < -0.39 is 17.2 Å². The first-order valence-corrected chi connectivity index (χ1v) is 7.81. The van der Waals surface area contributed by atoms with Crippen LogP contribution in [0.4, 0.5) is 5.69 Å². The molecule has 1 fully saturated rings. The maximum atomic E-state index is 12.3. The first-order valence-electron chi connectivity index (χ1n) is 7.37. The van der Waals surface area contributed by atoms with Crippen molar-refractivity contribution in [3.63, 3.8) is 0 Å². The van der Waals surface area contributed by atoms with Crippen LogP contribution in [0.15, 0.2) is 52.8 Å². The van der Waals surface area contributed by atoms with Gasteiger partial charge in [0.25, 0.3) is 11.8 Å². The Kier molecular flexibility index (Phi) is 4.58. The molecular formula is C17H14ClN3O4. The highest BCUT2D eigenvalue weighted by atomic mass is 35.5. The highest BCUT2D eigenvalue weighted by Gasteiger charge is 2.42. The van der Waals surface area contributed by atoms with Crippen molar-refractivity contribution < 1.29 is 18.8 Å². The first-order chi connectivity index (χ1) is 12.0. The lowest BCUT2D eigenvalue weighted by Gasteiger charge is -2.37. The Morgan fingerprint density at radius 3 is 2.56 bits per heavy atom. The normalized spacial score (nSPS) is 18.0. The summed E-state index contributed by atoms with van der Waals surface area (Å²) in [6.07, 6.45) is 3.08. The number of alkyl halides is 1. The Morgan fingerprint density at radius 2 is 1.96 bits per heavy atom. The first kappa shape index (κ1) is 16.8. The quantitative estimate of drug-likeness (QED) is 0.647. The second-order valence-corrected chi connectivity index (χ2v) is 5.76. The molecule has 1 aromatic carbocycles. The second kappa shape index (κ2) is 6.82. The molecule has 1 aromatic heterocycles. The summed E-state index contributed by atoms with van der Waals surface area (Å²) in [5.41, 5.74) is 3.82. The lowest BCUT2D eigenvalue weighted by molar-refractivity contribution is -0.136. The van der Waals surface area contributed by atoms with Crippen molar-refractivity contribution in [1.82, 2.24) is 10.4 Å². The summed E-state index contributed by atoms with van der Waals surface area (Å²) in [7, 11) is 0. The number of benzene rings is 1. The van der Waals surface area contributed by atoms with Crippen LogP contribution in [0.1, 0.15) is 23.0 Å². The predicted octanol–water partition coefficient (Wildman–Crippen LogP) is 2.37. The van der Waals surface area contributed by atoms with Crippen LogP contribution in [-0.4, -0.2) is 28.1 Å². The molecule has 1 atom stereocenters. The van der Waals surface area contributed by atoms with Crippen molar-refractivity contribution >= 4 is 41.1 Å². The van der Waals surface area contributed by atoms with Crippen molar-refractivity contribution in [2.75, 3.05) is 5.32 Å². The second-order valence-electron chi connectivity index (χ2n) is 5.32. The maximum absolute atomic E-state index is 12.3. The molecule has 0 aliphatic carbocycles. The van der Waals surface area contributed by atoms with E-state index in [1.165, 1.54) is 13.2 Å². The van der Waals surface area contributed by atoms with Crippen LogP contribution in [0.25, 0.3) is 6.08 Å². The molecule has 0 saturated carbocycles. The number of nitrogens with one attached hydrogen (secondary N) is 2. The lowest BCUT2D eigenvalue weighted by Crippen LogP contribution is -2.59. The molecule has 25 heavy (non-hydrogen) atoms. The van der Waals surface area contributed by atoms with Gasteiger partial charge in [-0.2, -0.15) is 0 Å². The average Bonchev–Trinajstić information content (AvgIpc) is 3.11. The van der Waals surface area contributed by atoms with Crippen molar-refractivity contribution in [3.8, 4) is 0 Å². The largest absolute Gasteiger partial charge is 0.465 e. The topological polar surface area (TPSA) is 91.7 Å². The van der Waals surface area contributed by atoms with Crippen LogP contribution >= 0.6 is 11.6 Å². The molecule has 0 radical (unpaired) electrons. The van der Waals surface area contributed by atoms with Gasteiger partial charge >= 0.3 is 0 Å². The molecule has 3 amide bonds. The summed E-state index contributed by atoms with van der Waals surface area (Å²) in [6.45, 7) is 1.39. The molecule has 1 unspecified atom stereocenters. The van der Waals surface area contributed by atoms with Crippen LogP contribution in [0.2, 0.25) is 0 Å². The molecule has 1 saturated heterocycles. The lowest BCUT2D eigenvalue weighted by atomic mass is 10.1. The van der Waals surface area contributed by atoms with E-state index in [9.17, 15) is 14.4 Å². The van der Waals surface area contributed by atoms with E-state index in [1.807, 2.05) is 0 Å². The zero-order valence-corrected chi connectivity index (χ0v) is 13.9. The van der Waals surface area contributed by atoms with Gasteiger partial charge < -0.3 is 9.73 Å². The molecule has 2 aromatic rings. The van der Waals surface area contributed by atoms with Gasteiger partial charge in [0.15, 0.2) is 5.38 Å². The van der Waals surface area contributed by atoms with Crippen LogP contribution in [0.3, 0.4) is 0 Å². The van der Waals surface area contributed by atoms with Gasteiger partial charge in [0, 0.05) is 24.3 Å². The van der Waals surface area contributed by atoms with Gasteiger partial charge in [-0.15, -0.1) is 11.6 Å². The van der Waals surface area contributed by atoms with E-state index >= 15 is 0 Å². The fraction of sp³-hybridized carbons (Fsp3) is 0.118. The third kappa shape index (κ3) is 3.56. The Labute approximate surface area is 148 Å². The number of carbonyl (C=O) groups is 3. The van der Waals surface area contributed by atoms with Gasteiger partial charge in [0.2, 0.25) is 5.91 Å². The number of nitrogens with zero attached hydrogens (tertiary/aromatic N) is 1. The summed E-state index contributed by atoms with van der Waals surface area (Å²) in [4.78, 5) is 35.2. The van der Waals surface area contributed by atoms with Crippen molar-refractivity contribution in [1.29, 1.82) is 0 Å². The number of carbonyl (C=O) groups excluding carboxylic acids is 3. The molecule has 8 heteroatoms. The number of hydrogen-bond acceptors (Lipinski definition) is 4. The fourth-order valence-electron chi connectivity index (χ4n) is 2.27. The van der Waals surface area contributed by atoms with Crippen LogP contribution in [0, 0.1) is 0 Å². The van der Waals surface area contributed by atoms with E-state index in [2.05, 4.69) is 10.7 Å². The number of rotatable bonds is 4. The summed E-state index contributed by atoms with van der Waals surface area (Å²) in [5.74, 6) is -0.587. The minimum absolute atomic E-state index is 0.204. The Bertz CT molecular complexity index is 843. The van der Waals surface area contributed by atoms with Crippen molar-refractivity contribution in [2.45, 2.75) is 12.3 Å². The molecule has 3 rings (SSSR count). The van der Waals surface area contributed by atoms with Crippen LogP contribution in [-0.2, 0) is 9.59 Å².